The molecule has 3 heteroatoms. The van der Waals surface area contributed by atoms with Crippen LogP contribution in [0.5, 0.6) is 5.75 Å². The molecule has 1 heterocycles. The van der Waals surface area contributed by atoms with E-state index in [1.165, 1.54) is 0 Å². The first-order valence-corrected chi connectivity index (χ1v) is 5.46. The SMILES string of the molecule is C#CCCNc1ccnc2c(OC)cccc12. The summed E-state index contributed by atoms with van der Waals surface area (Å²) in [6.07, 6.45) is 7.70. The number of nitrogens with zero attached hydrogens (tertiary/aromatic N) is 1. The summed E-state index contributed by atoms with van der Waals surface area (Å²) in [5, 5.41) is 4.35. The summed E-state index contributed by atoms with van der Waals surface area (Å²) in [6, 6.07) is 7.82. The van der Waals surface area contributed by atoms with Crippen molar-refractivity contribution in [3.63, 3.8) is 0 Å². The van der Waals surface area contributed by atoms with Crippen molar-refractivity contribution < 1.29 is 4.74 Å². The third-order valence-corrected chi connectivity index (χ3v) is 2.54. The zero-order valence-corrected chi connectivity index (χ0v) is 9.73. The molecule has 1 N–H and O–H groups in total. The van der Waals surface area contributed by atoms with E-state index in [1.807, 2.05) is 24.3 Å². The Morgan fingerprint density at radius 2 is 2.29 bits per heavy atom. The van der Waals surface area contributed by atoms with E-state index in [0.717, 1.165) is 28.9 Å². The largest absolute Gasteiger partial charge is 0.494 e. The number of aromatic nitrogens is 1. The Kier molecular flexibility index (Phi) is 3.46. The van der Waals surface area contributed by atoms with Gasteiger partial charge in [0.2, 0.25) is 0 Å². The van der Waals surface area contributed by atoms with Gasteiger partial charge in [0.1, 0.15) is 11.3 Å². The van der Waals surface area contributed by atoms with Gasteiger partial charge >= 0.3 is 0 Å². The molecule has 0 unspecified atom stereocenters. The number of hydrogen-bond donors (Lipinski definition) is 1. The number of pyridine rings is 1. The average Bonchev–Trinajstić information content (AvgIpc) is 2.38. The number of fused-ring (bicyclic) bond motifs is 1. The molecular weight excluding hydrogens is 212 g/mol. The first-order chi connectivity index (χ1) is 8.36. The first kappa shape index (κ1) is 11.3. The number of ether oxygens (including phenoxy) is 1. The number of hydrogen-bond acceptors (Lipinski definition) is 3. The molecular formula is C14H14N2O. The smallest absolute Gasteiger partial charge is 0.145 e. The third-order valence-electron chi connectivity index (χ3n) is 2.54. The van der Waals surface area contributed by atoms with E-state index < -0.39 is 0 Å². The molecule has 17 heavy (non-hydrogen) atoms. The second kappa shape index (κ2) is 5.22. The van der Waals surface area contributed by atoms with E-state index in [0.29, 0.717) is 6.42 Å². The molecule has 0 fully saturated rings. The molecule has 3 nitrogen and oxygen atoms in total. The molecule has 2 rings (SSSR count). The van der Waals surface area contributed by atoms with Gasteiger partial charge in [-0.1, -0.05) is 12.1 Å². The van der Waals surface area contributed by atoms with Crippen molar-refractivity contribution in [1.29, 1.82) is 0 Å². The van der Waals surface area contributed by atoms with Crippen LogP contribution in [0.2, 0.25) is 0 Å². The molecule has 0 aliphatic heterocycles. The molecule has 0 spiro atoms. The van der Waals surface area contributed by atoms with Crippen LogP contribution < -0.4 is 10.1 Å². The van der Waals surface area contributed by atoms with Crippen molar-refractivity contribution in [2.24, 2.45) is 0 Å². The van der Waals surface area contributed by atoms with E-state index in [-0.39, 0.29) is 0 Å². The highest BCUT2D eigenvalue weighted by Crippen LogP contribution is 2.28. The zero-order valence-electron chi connectivity index (χ0n) is 9.73. The summed E-state index contributed by atoms with van der Waals surface area (Å²) in [5.74, 6) is 3.39. The Morgan fingerprint density at radius 3 is 3.06 bits per heavy atom. The van der Waals surface area contributed by atoms with Crippen LogP contribution in [0.15, 0.2) is 30.5 Å². The fraction of sp³-hybridized carbons (Fsp3) is 0.214. The maximum absolute atomic E-state index is 5.29. The highest BCUT2D eigenvalue weighted by atomic mass is 16.5. The van der Waals surface area contributed by atoms with Crippen molar-refractivity contribution in [3.05, 3.63) is 30.5 Å². The van der Waals surface area contributed by atoms with Crippen molar-refractivity contribution in [1.82, 2.24) is 4.98 Å². The molecule has 0 bridgehead atoms. The predicted molar refractivity (Wildman–Crippen MR) is 70.2 cm³/mol. The Hall–Kier alpha value is -2.21. The number of methoxy groups -OCH3 is 1. The minimum Gasteiger partial charge on any atom is -0.494 e. The Morgan fingerprint density at radius 1 is 1.41 bits per heavy atom. The third kappa shape index (κ3) is 2.31. The van der Waals surface area contributed by atoms with Crippen molar-refractivity contribution in [2.75, 3.05) is 19.0 Å². The summed E-state index contributed by atoms with van der Waals surface area (Å²) in [4.78, 5) is 4.34. The van der Waals surface area contributed by atoms with Crippen molar-refractivity contribution >= 4 is 16.6 Å². The van der Waals surface area contributed by atoms with E-state index in [9.17, 15) is 0 Å². The highest BCUT2D eigenvalue weighted by molar-refractivity contribution is 5.94. The van der Waals surface area contributed by atoms with E-state index in [4.69, 9.17) is 11.2 Å². The van der Waals surface area contributed by atoms with Gasteiger partial charge < -0.3 is 10.1 Å². The zero-order chi connectivity index (χ0) is 12.1. The summed E-state index contributed by atoms with van der Waals surface area (Å²) in [7, 11) is 1.65. The van der Waals surface area contributed by atoms with E-state index in [1.54, 1.807) is 13.3 Å². The summed E-state index contributed by atoms with van der Waals surface area (Å²) in [6.45, 7) is 0.757. The lowest BCUT2D eigenvalue weighted by Crippen LogP contribution is -2.01. The van der Waals surface area contributed by atoms with E-state index in [2.05, 4.69) is 16.2 Å². The number of para-hydroxylation sites is 1. The van der Waals surface area contributed by atoms with Gasteiger partial charge in [-0.15, -0.1) is 12.3 Å². The number of rotatable bonds is 4. The first-order valence-electron chi connectivity index (χ1n) is 5.46. The van der Waals surface area contributed by atoms with Gasteiger partial charge in [-0.2, -0.15) is 0 Å². The lowest BCUT2D eigenvalue weighted by molar-refractivity contribution is 0.419. The van der Waals surface area contributed by atoms with Gasteiger partial charge in [0.25, 0.3) is 0 Å². The van der Waals surface area contributed by atoms with Crippen LogP contribution in [-0.4, -0.2) is 18.6 Å². The van der Waals surface area contributed by atoms with Crippen LogP contribution in [0.1, 0.15) is 6.42 Å². The Labute approximate surface area is 101 Å². The van der Waals surface area contributed by atoms with Gasteiger partial charge in [0.15, 0.2) is 0 Å². The molecule has 1 aromatic heterocycles. The minimum atomic E-state index is 0.702. The molecule has 1 aromatic carbocycles. The number of anilines is 1. The van der Waals surface area contributed by atoms with Gasteiger partial charge in [-0.25, -0.2) is 0 Å². The minimum absolute atomic E-state index is 0.702. The summed E-state index contributed by atoms with van der Waals surface area (Å²) in [5.41, 5.74) is 1.89. The van der Waals surface area contributed by atoms with E-state index >= 15 is 0 Å². The maximum atomic E-state index is 5.29. The second-order valence-corrected chi connectivity index (χ2v) is 3.60. The topological polar surface area (TPSA) is 34.2 Å². The van der Waals surface area contributed by atoms with Crippen LogP contribution in [0, 0.1) is 12.3 Å². The number of terminal acetylenes is 1. The Balaban J connectivity index is 2.40. The Bertz CT molecular complexity index is 558. The fourth-order valence-electron chi connectivity index (χ4n) is 1.74. The average molecular weight is 226 g/mol. The van der Waals surface area contributed by atoms with Crippen LogP contribution in [-0.2, 0) is 0 Å². The van der Waals surface area contributed by atoms with Gasteiger partial charge in [-0.05, 0) is 12.1 Å². The van der Waals surface area contributed by atoms with Crippen LogP contribution in [0.25, 0.3) is 10.9 Å². The summed E-state index contributed by atoms with van der Waals surface area (Å²) < 4.78 is 5.29. The van der Waals surface area contributed by atoms with Gasteiger partial charge in [0, 0.05) is 30.2 Å². The molecule has 2 aromatic rings. The highest BCUT2D eigenvalue weighted by Gasteiger charge is 2.05. The molecule has 0 saturated carbocycles. The van der Waals surface area contributed by atoms with Crippen molar-refractivity contribution in [3.8, 4) is 18.1 Å². The molecule has 0 radical (unpaired) electrons. The summed E-state index contributed by atoms with van der Waals surface area (Å²) >= 11 is 0. The predicted octanol–water partition coefficient (Wildman–Crippen LogP) is 2.68. The molecule has 0 atom stereocenters. The number of nitrogens with one attached hydrogen (secondary N) is 1. The van der Waals surface area contributed by atoms with Gasteiger partial charge in [0.05, 0.1) is 7.11 Å². The standard InChI is InChI=1S/C14H14N2O/c1-3-4-9-15-12-8-10-16-14-11(12)6-5-7-13(14)17-2/h1,5-8,10H,4,9H2,2H3,(H,15,16). The van der Waals surface area contributed by atoms with Gasteiger partial charge in [-0.3, -0.25) is 4.98 Å². The lowest BCUT2D eigenvalue weighted by atomic mass is 10.1. The quantitative estimate of drug-likeness (QED) is 0.643. The van der Waals surface area contributed by atoms with Crippen LogP contribution in [0.3, 0.4) is 0 Å². The fourth-order valence-corrected chi connectivity index (χ4v) is 1.74. The monoisotopic (exact) mass is 226 g/mol. The second-order valence-electron chi connectivity index (χ2n) is 3.60. The molecule has 86 valence electrons. The molecule has 0 aliphatic carbocycles. The van der Waals surface area contributed by atoms with Crippen molar-refractivity contribution in [2.45, 2.75) is 6.42 Å². The normalized spacial score (nSPS) is 9.88. The molecule has 0 amide bonds. The lowest BCUT2D eigenvalue weighted by Gasteiger charge is -2.10. The van der Waals surface area contributed by atoms with Crippen LogP contribution in [0.4, 0.5) is 5.69 Å². The molecule has 0 aliphatic rings. The number of benzene rings is 1. The van der Waals surface area contributed by atoms with Crippen LogP contribution >= 0.6 is 0 Å². The maximum Gasteiger partial charge on any atom is 0.145 e. The molecule has 0 saturated heterocycles.